The Labute approximate surface area is 241 Å². The number of hydrogen-bond acceptors (Lipinski definition) is 8. The van der Waals surface area contributed by atoms with Gasteiger partial charge in [-0.25, -0.2) is 5.48 Å². The SMILES string of the molecule is COC[C@@H]1CCCN1C[C@H]1C[C@@H](c2ccc(CO)cc2)O[C@@H](c2cccc(NC(=O)CCCCCC(=O)NO)c2)O1. The van der Waals surface area contributed by atoms with E-state index in [0.29, 0.717) is 44.0 Å². The van der Waals surface area contributed by atoms with Crippen molar-refractivity contribution in [2.24, 2.45) is 0 Å². The molecule has 4 rings (SSSR count). The second-order valence-electron chi connectivity index (χ2n) is 10.9. The number of nitrogens with one attached hydrogen (secondary N) is 2. The number of methoxy groups -OCH3 is 1. The largest absolute Gasteiger partial charge is 0.392 e. The monoisotopic (exact) mass is 569 g/mol. The van der Waals surface area contributed by atoms with Crippen LogP contribution < -0.4 is 10.8 Å². The van der Waals surface area contributed by atoms with Gasteiger partial charge in [-0.1, -0.05) is 42.8 Å². The van der Waals surface area contributed by atoms with E-state index >= 15 is 0 Å². The molecule has 2 aromatic carbocycles. The maximum atomic E-state index is 12.5. The van der Waals surface area contributed by atoms with E-state index in [2.05, 4.69) is 10.2 Å². The predicted molar refractivity (Wildman–Crippen MR) is 153 cm³/mol. The summed E-state index contributed by atoms with van der Waals surface area (Å²) in [6.45, 7) is 2.51. The van der Waals surface area contributed by atoms with E-state index in [-0.39, 0.29) is 31.1 Å². The van der Waals surface area contributed by atoms with Gasteiger partial charge in [-0.2, -0.15) is 0 Å². The number of unbranched alkanes of at least 4 members (excludes halogenated alkanes) is 2. The fraction of sp³-hybridized carbons (Fsp3) is 0.548. The zero-order valence-electron chi connectivity index (χ0n) is 23.8. The van der Waals surface area contributed by atoms with Gasteiger partial charge in [0, 0.05) is 50.2 Å². The topological polar surface area (TPSA) is 130 Å². The highest BCUT2D eigenvalue weighted by Gasteiger charge is 2.35. The molecular weight excluding hydrogens is 526 g/mol. The number of amides is 2. The number of carbonyl (C=O) groups excluding carboxylic acids is 2. The molecule has 2 fully saturated rings. The molecule has 0 saturated carbocycles. The van der Waals surface area contributed by atoms with E-state index < -0.39 is 12.2 Å². The average Bonchev–Trinajstić information content (AvgIpc) is 3.43. The fourth-order valence-corrected chi connectivity index (χ4v) is 5.60. The van der Waals surface area contributed by atoms with Crippen LogP contribution in [0.5, 0.6) is 0 Å². The van der Waals surface area contributed by atoms with E-state index in [4.69, 9.17) is 19.4 Å². The van der Waals surface area contributed by atoms with Crippen LogP contribution in [0, 0.1) is 0 Å². The molecule has 0 aromatic heterocycles. The molecule has 2 aromatic rings. The van der Waals surface area contributed by atoms with Crippen LogP contribution in [0.1, 0.15) is 80.5 Å². The Balaban J connectivity index is 1.41. The van der Waals surface area contributed by atoms with Crippen molar-refractivity contribution in [3.05, 3.63) is 65.2 Å². The number of carbonyl (C=O) groups is 2. The highest BCUT2D eigenvalue weighted by Crippen LogP contribution is 2.39. The summed E-state index contributed by atoms with van der Waals surface area (Å²) in [5.74, 6) is -0.516. The molecular formula is C31H43N3O7. The lowest BCUT2D eigenvalue weighted by atomic mass is 9.99. The van der Waals surface area contributed by atoms with Crippen molar-refractivity contribution in [2.45, 2.75) is 82.5 Å². The van der Waals surface area contributed by atoms with Crippen LogP contribution in [0.15, 0.2) is 48.5 Å². The molecule has 0 spiro atoms. The summed E-state index contributed by atoms with van der Waals surface area (Å²) < 4.78 is 18.5. The van der Waals surface area contributed by atoms with Gasteiger partial charge in [0.05, 0.1) is 25.4 Å². The fourth-order valence-electron chi connectivity index (χ4n) is 5.60. The molecule has 0 unspecified atom stereocenters. The maximum absolute atomic E-state index is 12.5. The Morgan fingerprint density at radius 2 is 1.80 bits per heavy atom. The summed E-state index contributed by atoms with van der Waals surface area (Å²) in [5.41, 5.74) is 5.01. The summed E-state index contributed by atoms with van der Waals surface area (Å²) in [7, 11) is 1.74. The van der Waals surface area contributed by atoms with Crippen LogP contribution in [0.25, 0.3) is 0 Å². The van der Waals surface area contributed by atoms with Crippen molar-refractivity contribution in [3.63, 3.8) is 0 Å². The molecule has 2 aliphatic heterocycles. The first-order chi connectivity index (χ1) is 20.0. The summed E-state index contributed by atoms with van der Waals surface area (Å²) in [6.07, 6.45) is 4.69. The molecule has 10 nitrogen and oxygen atoms in total. The Bertz CT molecular complexity index is 1110. The smallest absolute Gasteiger partial charge is 0.243 e. The number of anilines is 1. The van der Waals surface area contributed by atoms with Crippen LogP contribution in [0.4, 0.5) is 5.69 Å². The van der Waals surface area contributed by atoms with Crippen LogP contribution in [-0.2, 0) is 30.4 Å². The first-order valence-electron chi connectivity index (χ1n) is 14.6. The molecule has 41 heavy (non-hydrogen) atoms. The standard InChI is InChI=1S/C31H43N3O7/c1-39-21-26-9-6-16-34(26)19-27-18-28(23-14-12-22(20-35)13-15-23)41-31(40-27)24-7-5-8-25(17-24)32-29(36)10-3-2-4-11-30(37)33-38/h5,7-8,12-15,17,26-28,31,35,38H,2-4,6,9-11,16,18-21H2,1H3,(H,32,36)(H,33,37)/t26-,27+,28-,31-/m0/s1. The second kappa shape index (κ2) is 16.0. The zero-order valence-corrected chi connectivity index (χ0v) is 23.8. The Hall–Kier alpha value is -2.86. The van der Waals surface area contributed by atoms with Crippen LogP contribution in [0.2, 0.25) is 0 Å². The third kappa shape index (κ3) is 9.32. The number of aliphatic hydroxyl groups excluding tert-OH is 1. The van der Waals surface area contributed by atoms with Crippen molar-refractivity contribution < 1.29 is 34.1 Å². The van der Waals surface area contributed by atoms with Crippen molar-refractivity contribution in [1.29, 1.82) is 0 Å². The summed E-state index contributed by atoms with van der Waals surface area (Å²) >= 11 is 0. The van der Waals surface area contributed by atoms with Gasteiger partial charge in [0.1, 0.15) is 0 Å². The third-order valence-electron chi connectivity index (χ3n) is 7.79. The lowest BCUT2D eigenvalue weighted by Crippen LogP contribution is -2.42. The van der Waals surface area contributed by atoms with Crippen molar-refractivity contribution in [3.8, 4) is 0 Å². The number of benzene rings is 2. The average molecular weight is 570 g/mol. The van der Waals surface area contributed by atoms with E-state index in [9.17, 15) is 14.7 Å². The summed E-state index contributed by atoms with van der Waals surface area (Å²) in [4.78, 5) is 26.1. The number of aliphatic hydroxyl groups is 1. The minimum atomic E-state index is -0.603. The number of hydrogen-bond donors (Lipinski definition) is 4. The molecule has 0 aliphatic carbocycles. The molecule has 10 heteroatoms. The minimum absolute atomic E-state index is 0.00457. The lowest BCUT2D eigenvalue weighted by Gasteiger charge is -2.39. The first kappa shape index (κ1) is 31.1. The molecule has 4 atom stereocenters. The van der Waals surface area contributed by atoms with E-state index in [1.165, 1.54) is 0 Å². The third-order valence-corrected chi connectivity index (χ3v) is 7.79. The van der Waals surface area contributed by atoms with Gasteiger partial charge in [-0.15, -0.1) is 0 Å². The van der Waals surface area contributed by atoms with E-state index in [0.717, 1.165) is 49.0 Å². The van der Waals surface area contributed by atoms with Gasteiger partial charge in [0.25, 0.3) is 0 Å². The highest BCUT2D eigenvalue weighted by molar-refractivity contribution is 5.90. The van der Waals surface area contributed by atoms with Crippen LogP contribution >= 0.6 is 0 Å². The number of hydroxylamine groups is 1. The zero-order chi connectivity index (χ0) is 29.0. The van der Waals surface area contributed by atoms with E-state index in [1.807, 2.05) is 48.5 Å². The molecule has 224 valence electrons. The van der Waals surface area contributed by atoms with E-state index in [1.54, 1.807) is 12.6 Å². The predicted octanol–water partition coefficient (Wildman–Crippen LogP) is 4.23. The molecule has 2 saturated heterocycles. The number of rotatable bonds is 14. The molecule has 4 N–H and O–H groups in total. The van der Waals surface area contributed by atoms with Crippen molar-refractivity contribution >= 4 is 17.5 Å². The van der Waals surface area contributed by atoms with Crippen molar-refractivity contribution in [1.82, 2.24) is 10.4 Å². The lowest BCUT2D eigenvalue weighted by molar-refractivity contribution is -0.253. The number of ether oxygens (including phenoxy) is 3. The van der Waals surface area contributed by atoms with Gasteiger partial charge in [0.15, 0.2) is 6.29 Å². The minimum Gasteiger partial charge on any atom is -0.392 e. The van der Waals surface area contributed by atoms with Gasteiger partial charge in [-0.05, 0) is 55.5 Å². The van der Waals surface area contributed by atoms with Gasteiger partial charge in [0.2, 0.25) is 11.8 Å². The summed E-state index contributed by atoms with van der Waals surface area (Å²) in [6, 6.07) is 15.8. The molecule has 2 heterocycles. The van der Waals surface area contributed by atoms with Gasteiger partial charge < -0.3 is 24.6 Å². The second-order valence-corrected chi connectivity index (χ2v) is 10.9. The highest BCUT2D eigenvalue weighted by atomic mass is 16.7. The molecule has 0 radical (unpaired) electrons. The van der Waals surface area contributed by atoms with Crippen LogP contribution in [0.3, 0.4) is 0 Å². The first-order valence-corrected chi connectivity index (χ1v) is 14.6. The van der Waals surface area contributed by atoms with Gasteiger partial charge in [-0.3, -0.25) is 19.7 Å². The quantitative estimate of drug-likeness (QED) is 0.151. The van der Waals surface area contributed by atoms with Crippen molar-refractivity contribution in [2.75, 3.05) is 32.1 Å². The van der Waals surface area contributed by atoms with Gasteiger partial charge >= 0.3 is 0 Å². The normalized spacial score (nSPS) is 22.9. The molecule has 2 amide bonds. The molecule has 2 aliphatic rings. The number of likely N-dealkylation sites (tertiary alicyclic amines) is 1. The van der Waals surface area contributed by atoms with Crippen LogP contribution in [-0.4, -0.2) is 66.0 Å². The molecule has 0 bridgehead atoms. The Kier molecular flexibility index (Phi) is 12.1. The summed E-state index contributed by atoms with van der Waals surface area (Å²) in [5, 5.41) is 21.0. The number of nitrogens with zero attached hydrogens (tertiary/aromatic N) is 1. The maximum Gasteiger partial charge on any atom is 0.243 e. The Morgan fingerprint density at radius 1 is 1.02 bits per heavy atom. The Morgan fingerprint density at radius 3 is 2.54 bits per heavy atom.